The predicted molar refractivity (Wildman–Crippen MR) is 61.6 cm³/mol. The van der Waals surface area contributed by atoms with E-state index in [1.807, 2.05) is 0 Å². The van der Waals surface area contributed by atoms with Gasteiger partial charge in [-0.15, -0.1) is 0 Å². The quantitative estimate of drug-likeness (QED) is 0.492. The number of benzene rings is 1. The van der Waals surface area contributed by atoms with Gasteiger partial charge < -0.3 is 14.8 Å². The van der Waals surface area contributed by atoms with E-state index >= 15 is 0 Å². The van der Waals surface area contributed by atoms with Gasteiger partial charge in [0.1, 0.15) is 6.29 Å². The molecule has 0 aromatic heterocycles. The summed E-state index contributed by atoms with van der Waals surface area (Å²) in [4.78, 5) is 32.3. The zero-order valence-electron chi connectivity index (χ0n) is 9.73. The van der Waals surface area contributed by atoms with Crippen LogP contribution >= 0.6 is 0 Å². The van der Waals surface area contributed by atoms with Gasteiger partial charge >= 0.3 is 5.97 Å². The molecule has 1 aromatic carbocycles. The molecule has 0 saturated carbocycles. The standard InChI is InChI=1S/C12H12FNO4/c1-8(16)14-10-5-2-4-9(13)12(10)18-11(17)6-3-7-15/h2,4-5,7H,3,6H2,1H3,(H,14,16). The predicted octanol–water partition coefficient (Wildman–Crippen LogP) is 1.67. The molecule has 0 heterocycles. The molecule has 18 heavy (non-hydrogen) atoms. The molecule has 0 aliphatic carbocycles. The van der Waals surface area contributed by atoms with Crippen molar-refractivity contribution in [1.82, 2.24) is 0 Å². The lowest BCUT2D eigenvalue weighted by atomic mass is 10.2. The van der Waals surface area contributed by atoms with E-state index in [4.69, 9.17) is 4.74 Å². The van der Waals surface area contributed by atoms with Crippen molar-refractivity contribution >= 4 is 23.9 Å². The smallest absolute Gasteiger partial charge is 0.311 e. The molecule has 0 saturated heterocycles. The topological polar surface area (TPSA) is 72.5 Å². The van der Waals surface area contributed by atoms with E-state index in [-0.39, 0.29) is 24.3 Å². The van der Waals surface area contributed by atoms with Gasteiger partial charge in [-0.1, -0.05) is 6.07 Å². The molecule has 1 rings (SSSR count). The Balaban J connectivity index is 2.88. The molecule has 0 spiro atoms. The highest BCUT2D eigenvalue weighted by molar-refractivity contribution is 5.91. The number of hydrogen-bond donors (Lipinski definition) is 1. The number of aldehydes is 1. The van der Waals surface area contributed by atoms with Crippen molar-refractivity contribution in [1.29, 1.82) is 0 Å². The fourth-order valence-electron chi connectivity index (χ4n) is 1.24. The fourth-order valence-corrected chi connectivity index (χ4v) is 1.24. The maximum atomic E-state index is 13.5. The number of carbonyl (C=O) groups is 3. The molecule has 96 valence electrons. The Kier molecular flexibility index (Phi) is 4.98. The molecule has 0 radical (unpaired) electrons. The lowest BCUT2D eigenvalue weighted by Gasteiger charge is -2.10. The average molecular weight is 253 g/mol. The lowest BCUT2D eigenvalue weighted by Crippen LogP contribution is -2.13. The second-order valence-electron chi connectivity index (χ2n) is 3.48. The van der Waals surface area contributed by atoms with E-state index in [2.05, 4.69) is 5.32 Å². The van der Waals surface area contributed by atoms with Crippen LogP contribution in [0.25, 0.3) is 0 Å². The van der Waals surface area contributed by atoms with Gasteiger partial charge in [-0.05, 0) is 12.1 Å². The van der Waals surface area contributed by atoms with Crippen LogP contribution in [0.15, 0.2) is 18.2 Å². The molecule has 0 unspecified atom stereocenters. The summed E-state index contributed by atoms with van der Waals surface area (Å²) in [7, 11) is 0. The molecular weight excluding hydrogens is 241 g/mol. The van der Waals surface area contributed by atoms with Crippen LogP contribution < -0.4 is 10.1 Å². The molecule has 0 bridgehead atoms. The molecule has 0 aliphatic heterocycles. The van der Waals surface area contributed by atoms with Gasteiger partial charge in [0, 0.05) is 13.3 Å². The van der Waals surface area contributed by atoms with Gasteiger partial charge in [-0.3, -0.25) is 9.59 Å². The minimum atomic E-state index is -0.763. The molecule has 6 heteroatoms. The highest BCUT2D eigenvalue weighted by Gasteiger charge is 2.14. The Morgan fingerprint density at radius 3 is 2.78 bits per heavy atom. The summed E-state index contributed by atoms with van der Waals surface area (Å²) in [5, 5.41) is 2.35. The molecule has 1 aromatic rings. The number of esters is 1. The Labute approximate surface area is 103 Å². The highest BCUT2D eigenvalue weighted by atomic mass is 19.1. The summed E-state index contributed by atoms with van der Waals surface area (Å²) < 4.78 is 18.3. The van der Waals surface area contributed by atoms with Crippen LogP contribution in [0, 0.1) is 5.82 Å². The first-order valence-corrected chi connectivity index (χ1v) is 5.25. The number of hydrogen-bond acceptors (Lipinski definition) is 4. The number of anilines is 1. The van der Waals surface area contributed by atoms with Gasteiger partial charge in [-0.25, -0.2) is 4.39 Å². The summed E-state index contributed by atoms with van der Waals surface area (Å²) in [6.45, 7) is 1.25. The molecule has 0 aliphatic rings. The summed E-state index contributed by atoms with van der Waals surface area (Å²) in [6, 6.07) is 3.89. The number of halogens is 1. The van der Waals surface area contributed by atoms with Gasteiger partial charge in [-0.2, -0.15) is 0 Å². The van der Waals surface area contributed by atoms with Crippen LogP contribution in [-0.2, 0) is 14.4 Å². The van der Waals surface area contributed by atoms with E-state index in [1.165, 1.54) is 19.1 Å². The average Bonchev–Trinajstić information content (AvgIpc) is 2.30. The molecule has 5 nitrogen and oxygen atoms in total. The monoisotopic (exact) mass is 253 g/mol. The van der Waals surface area contributed by atoms with E-state index < -0.39 is 17.7 Å². The molecule has 1 amide bonds. The lowest BCUT2D eigenvalue weighted by molar-refractivity contribution is -0.135. The number of carbonyl (C=O) groups excluding carboxylic acids is 3. The van der Waals surface area contributed by atoms with Crippen LogP contribution in [-0.4, -0.2) is 18.2 Å². The second-order valence-corrected chi connectivity index (χ2v) is 3.48. The first kappa shape index (κ1) is 13.8. The highest BCUT2D eigenvalue weighted by Crippen LogP contribution is 2.28. The zero-order chi connectivity index (χ0) is 13.5. The van der Waals surface area contributed by atoms with Gasteiger partial charge in [0.25, 0.3) is 0 Å². The van der Waals surface area contributed by atoms with Crippen LogP contribution in [0.2, 0.25) is 0 Å². The van der Waals surface area contributed by atoms with Crippen molar-refractivity contribution in [3.63, 3.8) is 0 Å². The first-order valence-electron chi connectivity index (χ1n) is 5.25. The Morgan fingerprint density at radius 1 is 1.44 bits per heavy atom. The summed E-state index contributed by atoms with van der Waals surface area (Å²) in [6.07, 6.45) is 0.428. The molecular formula is C12H12FNO4. The van der Waals surface area contributed by atoms with E-state index in [0.717, 1.165) is 6.07 Å². The summed E-state index contributed by atoms with van der Waals surface area (Å²) in [5.41, 5.74) is 0.0713. The van der Waals surface area contributed by atoms with Crippen LogP contribution in [0.1, 0.15) is 19.8 Å². The minimum Gasteiger partial charge on any atom is -0.421 e. The largest absolute Gasteiger partial charge is 0.421 e. The number of ether oxygens (including phenoxy) is 1. The third kappa shape index (κ3) is 3.97. The normalized spacial score (nSPS) is 9.67. The first-order chi connectivity index (χ1) is 8.54. The summed E-state index contributed by atoms with van der Waals surface area (Å²) >= 11 is 0. The van der Waals surface area contributed by atoms with Crippen molar-refractivity contribution in [2.24, 2.45) is 0 Å². The van der Waals surface area contributed by atoms with Crippen LogP contribution in [0.4, 0.5) is 10.1 Å². The van der Waals surface area contributed by atoms with Crippen molar-refractivity contribution in [2.75, 3.05) is 5.32 Å². The van der Waals surface area contributed by atoms with Gasteiger partial charge in [0.05, 0.1) is 12.1 Å². The van der Waals surface area contributed by atoms with Crippen LogP contribution in [0.5, 0.6) is 5.75 Å². The Morgan fingerprint density at radius 2 is 2.17 bits per heavy atom. The second kappa shape index (κ2) is 6.48. The minimum absolute atomic E-state index is 0.00273. The van der Waals surface area contributed by atoms with Crippen LogP contribution in [0.3, 0.4) is 0 Å². The molecule has 0 fully saturated rings. The van der Waals surface area contributed by atoms with Crippen molar-refractivity contribution in [2.45, 2.75) is 19.8 Å². The maximum absolute atomic E-state index is 13.5. The number of rotatable bonds is 5. The number of para-hydroxylation sites is 1. The Bertz CT molecular complexity index is 473. The summed E-state index contributed by atoms with van der Waals surface area (Å²) in [5.74, 6) is -2.26. The van der Waals surface area contributed by atoms with Crippen molar-refractivity contribution < 1.29 is 23.5 Å². The third-order valence-corrected chi connectivity index (χ3v) is 1.96. The Hall–Kier alpha value is -2.24. The van der Waals surface area contributed by atoms with E-state index in [0.29, 0.717) is 6.29 Å². The molecule has 1 N–H and O–H groups in total. The van der Waals surface area contributed by atoms with E-state index in [9.17, 15) is 18.8 Å². The third-order valence-electron chi connectivity index (χ3n) is 1.96. The van der Waals surface area contributed by atoms with E-state index in [1.54, 1.807) is 0 Å². The SMILES string of the molecule is CC(=O)Nc1cccc(F)c1OC(=O)CCC=O. The number of nitrogens with one attached hydrogen (secondary N) is 1. The zero-order valence-corrected chi connectivity index (χ0v) is 9.73. The fraction of sp³-hybridized carbons (Fsp3) is 0.250. The number of amides is 1. The van der Waals surface area contributed by atoms with Crippen molar-refractivity contribution in [3.8, 4) is 5.75 Å². The van der Waals surface area contributed by atoms with Gasteiger partial charge in [0.15, 0.2) is 11.6 Å². The maximum Gasteiger partial charge on any atom is 0.311 e. The van der Waals surface area contributed by atoms with Gasteiger partial charge in [0.2, 0.25) is 5.91 Å². The molecule has 0 atom stereocenters. The van der Waals surface area contributed by atoms with Crippen molar-refractivity contribution in [3.05, 3.63) is 24.0 Å².